The number of hydrogen-bond donors (Lipinski definition) is 1. The van der Waals surface area contributed by atoms with Crippen LogP contribution in [0.25, 0.3) is 0 Å². The van der Waals surface area contributed by atoms with Gasteiger partial charge in [0, 0.05) is 5.41 Å². The second kappa shape index (κ2) is 5.55. The lowest BCUT2D eigenvalue weighted by molar-refractivity contribution is -0.163. The predicted molar refractivity (Wildman–Crippen MR) is 101 cm³/mol. The molecule has 0 aliphatic heterocycles. The number of rotatable bonds is 2. The molecule has 4 rings (SSSR count). The number of hydrogen-bond acceptors (Lipinski definition) is 2. The summed E-state index contributed by atoms with van der Waals surface area (Å²) >= 11 is 0. The van der Waals surface area contributed by atoms with Crippen LogP contribution >= 0.6 is 0 Å². The highest BCUT2D eigenvalue weighted by Gasteiger charge is 2.64. The smallest absolute Gasteiger partial charge is 0.156 e. The van der Waals surface area contributed by atoms with Crippen molar-refractivity contribution in [3.63, 3.8) is 0 Å². The molecular weight excluding hydrogens is 308 g/mol. The fourth-order valence-corrected chi connectivity index (χ4v) is 7.15. The van der Waals surface area contributed by atoms with Crippen molar-refractivity contribution in [1.29, 1.82) is 0 Å². The first-order valence-electron chi connectivity index (χ1n) is 10.4. The predicted octanol–water partition coefficient (Wildman–Crippen LogP) is 5.22. The van der Waals surface area contributed by atoms with Crippen molar-refractivity contribution in [3.8, 4) is 0 Å². The Morgan fingerprint density at radius 2 is 1.96 bits per heavy atom. The minimum atomic E-state index is -0.733. The van der Waals surface area contributed by atoms with Gasteiger partial charge < -0.3 is 5.11 Å². The van der Waals surface area contributed by atoms with Crippen molar-refractivity contribution < 1.29 is 9.90 Å². The standard InChI is InChI=1S/C23H34O2/c1-5-16-8-11-21(3)17(14-16)6-7-20-19(21)9-12-22(4)18(15(2)24)10-13-23(20,22)25/h6,10,16,19-20,25H,5,7-9,11-14H2,1-4H3/t16-,19?,20+,21-,22+,23+/m0/s1. The highest BCUT2D eigenvalue weighted by molar-refractivity contribution is 5.95. The summed E-state index contributed by atoms with van der Waals surface area (Å²) in [6.45, 7) is 8.61. The van der Waals surface area contributed by atoms with Crippen LogP contribution in [0.1, 0.15) is 79.1 Å². The molecule has 6 atom stereocenters. The summed E-state index contributed by atoms with van der Waals surface area (Å²) in [5.74, 6) is 1.87. The van der Waals surface area contributed by atoms with Crippen LogP contribution < -0.4 is 0 Å². The monoisotopic (exact) mass is 342 g/mol. The van der Waals surface area contributed by atoms with E-state index >= 15 is 0 Å². The van der Waals surface area contributed by atoms with Crippen molar-refractivity contribution in [2.24, 2.45) is 28.6 Å². The fraction of sp³-hybridized carbons (Fsp3) is 0.783. The molecular formula is C23H34O2. The molecule has 4 aliphatic rings. The number of aliphatic hydroxyl groups is 1. The molecule has 25 heavy (non-hydrogen) atoms. The van der Waals surface area contributed by atoms with Crippen molar-refractivity contribution >= 4 is 5.78 Å². The summed E-state index contributed by atoms with van der Waals surface area (Å²) in [5, 5.41) is 11.9. The summed E-state index contributed by atoms with van der Waals surface area (Å²) in [5.41, 5.74) is 1.76. The molecule has 1 unspecified atom stereocenters. The molecule has 0 amide bonds. The van der Waals surface area contributed by atoms with E-state index in [4.69, 9.17) is 0 Å². The third-order valence-corrected chi connectivity index (χ3v) is 8.93. The average molecular weight is 343 g/mol. The van der Waals surface area contributed by atoms with E-state index in [1.54, 1.807) is 12.5 Å². The molecule has 0 heterocycles. The lowest BCUT2D eigenvalue weighted by Crippen LogP contribution is -2.60. The Morgan fingerprint density at radius 1 is 1.20 bits per heavy atom. The van der Waals surface area contributed by atoms with E-state index in [1.807, 2.05) is 0 Å². The number of fused-ring (bicyclic) bond motifs is 5. The lowest BCUT2D eigenvalue weighted by atomic mass is 9.45. The van der Waals surface area contributed by atoms with E-state index in [1.165, 1.54) is 25.7 Å². The van der Waals surface area contributed by atoms with E-state index in [-0.39, 0.29) is 16.6 Å². The Hall–Kier alpha value is -0.890. The van der Waals surface area contributed by atoms with E-state index in [0.29, 0.717) is 18.3 Å². The number of carbonyl (C=O) groups excluding carboxylic acids is 1. The summed E-state index contributed by atoms with van der Waals surface area (Å²) in [4.78, 5) is 12.2. The molecule has 0 radical (unpaired) electrons. The van der Waals surface area contributed by atoms with Crippen LogP contribution in [0.4, 0.5) is 0 Å². The van der Waals surface area contributed by atoms with Crippen molar-refractivity contribution in [3.05, 3.63) is 23.3 Å². The molecule has 2 heteroatoms. The van der Waals surface area contributed by atoms with Crippen LogP contribution in [0.2, 0.25) is 0 Å². The Bertz CT molecular complexity index is 659. The van der Waals surface area contributed by atoms with E-state index < -0.39 is 5.60 Å². The maximum atomic E-state index is 12.2. The normalized spacial score (nSPS) is 48.8. The van der Waals surface area contributed by atoms with Gasteiger partial charge in [0.15, 0.2) is 5.78 Å². The summed E-state index contributed by atoms with van der Waals surface area (Å²) < 4.78 is 0. The van der Waals surface area contributed by atoms with Crippen LogP contribution in [-0.2, 0) is 4.79 Å². The van der Waals surface area contributed by atoms with Gasteiger partial charge in [-0.05, 0) is 80.6 Å². The lowest BCUT2D eigenvalue weighted by Gasteiger charge is -2.61. The molecule has 0 aromatic carbocycles. The minimum Gasteiger partial charge on any atom is -0.388 e. The first-order chi connectivity index (χ1) is 11.8. The molecule has 0 bridgehead atoms. The molecule has 2 fully saturated rings. The van der Waals surface area contributed by atoms with Crippen molar-refractivity contribution in [1.82, 2.24) is 0 Å². The SMILES string of the molecule is CC[C@H]1CC[C@@]2(C)C(=CC[C@@H]3C2CC[C@]2(C)C(C(C)=O)=CC[C@@]32O)C1. The van der Waals surface area contributed by atoms with Crippen molar-refractivity contribution in [2.45, 2.75) is 84.7 Å². The fourth-order valence-electron chi connectivity index (χ4n) is 7.15. The number of Topliss-reactive ketones (excluding diaryl/α,β-unsaturated/α-hetero) is 1. The Morgan fingerprint density at radius 3 is 2.64 bits per heavy atom. The quantitative estimate of drug-likeness (QED) is 0.699. The number of allylic oxidation sites excluding steroid dienone is 2. The summed E-state index contributed by atoms with van der Waals surface area (Å²) in [6.07, 6.45) is 13.5. The second-order valence-electron chi connectivity index (χ2n) is 9.79. The first kappa shape index (κ1) is 17.5. The van der Waals surface area contributed by atoms with Crippen LogP contribution in [0.5, 0.6) is 0 Å². The topological polar surface area (TPSA) is 37.3 Å². The molecule has 2 nitrogen and oxygen atoms in total. The molecule has 0 saturated heterocycles. The second-order valence-corrected chi connectivity index (χ2v) is 9.79. The summed E-state index contributed by atoms with van der Waals surface area (Å²) in [6, 6.07) is 0. The van der Waals surface area contributed by atoms with Crippen molar-refractivity contribution in [2.75, 3.05) is 0 Å². The van der Waals surface area contributed by atoms with Gasteiger partial charge in [-0.25, -0.2) is 0 Å². The van der Waals surface area contributed by atoms with Gasteiger partial charge in [-0.3, -0.25) is 4.79 Å². The maximum Gasteiger partial charge on any atom is 0.156 e. The largest absolute Gasteiger partial charge is 0.388 e. The zero-order chi connectivity index (χ0) is 18.0. The Kier molecular flexibility index (Phi) is 3.89. The Balaban J connectivity index is 1.70. The van der Waals surface area contributed by atoms with Gasteiger partial charge >= 0.3 is 0 Å². The van der Waals surface area contributed by atoms with Gasteiger partial charge in [0.1, 0.15) is 0 Å². The number of ketones is 1. The molecule has 1 N–H and O–H groups in total. The highest BCUT2D eigenvalue weighted by atomic mass is 16.3. The van der Waals surface area contributed by atoms with Gasteiger partial charge in [-0.15, -0.1) is 0 Å². The van der Waals surface area contributed by atoms with Crippen LogP contribution in [0, 0.1) is 28.6 Å². The van der Waals surface area contributed by atoms with Gasteiger partial charge in [0.2, 0.25) is 0 Å². The van der Waals surface area contributed by atoms with Gasteiger partial charge in [-0.1, -0.05) is 44.9 Å². The molecule has 0 aromatic heterocycles. The van der Waals surface area contributed by atoms with Gasteiger partial charge in [0.25, 0.3) is 0 Å². The van der Waals surface area contributed by atoms with E-state index in [9.17, 15) is 9.90 Å². The van der Waals surface area contributed by atoms with Crippen LogP contribution in [0.3, 0.4) is 0 Å². The number of carbonyl (C=O) groups is 1. The Labute approximate surface area is 152 Å². The zero-order valence-corrected chi connectivity index (χ0v) is 16.4. The van der Waals surface area contributed by atoms with E-state index in [2.05, 4.69) is 32.9 Å². The van der Waals surface area contributed by atoms with Gasteiger partial charge in [-0.2, -0.15) is 0 Å². The van der Waals surface area contributed by atoms with Gasteiger partial charge in [0.05, 0.1) is 5.60 Å². The molecule has 2 saturated carbocycles. The molecule has 4 aliphatic carbocycles. The van der Waals surface area contributed by atoms with Crippen LogP contribution in [0.15, 0.2) is 23.3 Å². The molecule has 0 spiro atoms. The van der Waals surface area contributed by atoms with Crippen LogP contribution in [-0.4, -0.2) is 16.5 Å². The molecule has 0 aromatic rings. The van der Waals surface area contributed by atoms with E-state index in [0.717, 1.165) is 30.8 Å². The zero-order valence-electron chi connectivity index (χ0n) is 16.4. The summed E-state index contributed by atoms with van der Waals surface area (Å²) in [7, 11) is 0. The maximum absolute atomic E-state index is 12.2. The third kappa shape index (κ3) is 2.16. The highest BCUT2D eigenvalue weighted by Crippen LogP contribution is 2.66. The first-order valence-corrected chi connectivity index (χ1v) is 10.4. The average Bonchev–Trinajstić information content (AvgIpc) is 2.86. The third-order valence-electron chi connectivity index (χ3n) is 8.93. The minimum absolute atomic E-state index is 0.151. The molecule has 138 valence electrons.